The number of hydrogen-bond acceptors (Lipinski definition) is 2. The van der Waals surface area contributed by atoms with Gasteiger partial charge in [0.1, 0.15) is 0 Å². The second-order valence-corrected chi connectivity index (χ2v) is 2.60. The van der Waals surface area contributed by atoms with Gasteiger partial charge < -0.3 is 0 Å². The minimum Gasteiger partial charge on any atom is -0.229 e. The van der Waals surface area contributed by atoms with Crippen molar-refractivity contribution in [3.05, 3.63) is 35.9 Å². The molecule has 0 heterocycles. The third-order valence-electron chi connectivity index (χ3n) is 1.41. The molecule has 11 heavy (non-hydrogen) atoms. The molecule has 0 aromatic heterocycles. The first-order valence-electron chi connectivity index (χ1n) is 3.44. The number of benzene rings is 1. The average Bonchev–Trinajstić information content (AvgIpc) is 2.06. The lowest BCUT2D eigenvalue weighted by Gasteiger charge is -2.12. The van der Waals surface area contributed by atoms with Crippen LogP contribution in [0.1, 0.15) is 5.56 Å². The van der Waals surface area contributed by atoms with E-state index in [0.717, 1.165) is 6.54 Å². The van der Waals surface area contributed by atoms with Crippen LogP contribution >= 0.6 is 11.8 Å². The minimum absolute atomic E-state index is 0.810. The molecule has 1 aromatic rings. The van der Waals surface area contributed by atoms with Gasteiger partial charge in [0.05, 0.1) is 0 Å². The fraction of sp³-hybridized carbons (Fsp3) is 0.250. The summed E-state index contributed by atoms with van der Waals surface area (Å²) in [4.78, 5) is 2.52. The average molecular weight is 171 g/mol. The van der Waals surface area contributed by atoms with Crippen molar-refractivity contribution >= 4 is 11.8 Å². The SMILES string of the molecule is CN(Cc1ccccc1)NCl. The molecule has 0 unspecified atom stereocenters. The summed E-state index contributed by atoms with van der Waals surface area (Å²) in [7, 11) is 1.89. The number of halogens is 1. The van der Waals surface area contributed by atoms with Gasteiger partial charge in [0.2, 0.25) is 0 Å². The van der Waals surface area contributed by atoms with Crippen LogP contribution in [0.3, 0.4) is 0 Å². The van der Waals surface area contributed by atoms with Crippen LogP contribution in [0.2, 0.25) is 0 Å². The van der Waals surface area contributed by atoms with Crippen molar-refractivity contribution in [1.29, 1.82) is 0 Å². The Morgan fingerprint density at radius 3 is 2.55 bits per heavy atom. The van der Waals surface area contributed by atoms with Crippen molar-refractivity contribution in [2.24, 2.45) is 0 Å². The molecule has 1 N–H and O–H groups in total. The van der Waals surface area contributed by atoms with Crippen molar-refractivity contribution in [3.63, 3.8) is 0 Å². The number of nitrogens with one attached hydrogen (secondary N) is 1. The van der Waals surface area contributed by atoms with Gasteiger partial charge in [-0.2, -0.15) is 4.94 Å². The molecular formula is C8H11ClN2. The molecule has 0 aliphatic heterocycles. The quantitative estimate of drug-likeness (QED) is 0.550. The van der Waals surface area contributed by atoms with E-state index in [-0.39, 0.29) is 0 Å². The summed E-state index contributed by atoms with van der Waals surface area (Å²) in [5.41, 5.74) is 1.24. The Labute approximate surface area is 71.9 Å². The third-order valence-corrected chi connectivity index (χ3v) is 1.70. The summed E-state index contributed by atoms with van der Waals surface area (Å²) in [6.07, 6.45) is 0. The molecule has 1 rings (SSSR count). The first kappa shape index (κ1) is 8.53. The molecule has 0 radical (unpaired) electrons. The smallest absolute Gasteiger partial charge is 0.0391 e. The Balaban J connectivity index is 2.51. The number of rotatable bonds is 3. The van der Waals surface area contributed by atoms with Crippen molar-refractivity contribution in [3.8, 4) is 0 Å². The molecular weight excluding hydrogens is 160 g/mol. The maximum absolute atomic E-state index is 5.38. The van der Waals surface area contributed by atoms with E-state index >= 15 is 0 Å². The molecule has 2 nitrogen and oxygen atoms in total. The monoisotopic (exact) mass is 170 g/mol. The first-order valence-corrected chi connectivity index (χ1v) is 3.82. The second-order valence-electron chi connectivity index (χ2n) is 2.43. The van der Waals surface area contributed by atoms with Crippen LogP contribution in [0, 0.1) is 0 Å². The maximum atomic E-state index is 5.38. The molecule has 0 spiro atoms. The number of nitrogens with zero attached hydrogens (tertiary/aromatic N) is 1. The van der Waals surface area contributed by atoms with E-state index in [2.05, 4.69) is 17.1 Å². The van der Waals surface area contributed by atoms with Crippen LogP contribution in [-0.4, -0.2) is 12.1 Å². The second kappa shape index (κ2) is 4.34. The lowest BCUT2D eigenvalue weighted by Crippen LogP contribution is -2.25. The van der Waals surface area contributed by atoms with Crippen molar-refractivity contribution in [2.45, 2.75) is 6.54 Å². The molecule has 0 fully saturated rings. The summed E-state index contributed by atoms with van der Waals surface area (Å²) < 4.78 is 0. The van der Waals surface area contributed by atoms with Gasteiger partial charge in [-0.25, -0.2) is 5.01 Å². The summed E-state index contributed by atoms with van der Waals surface area (Å²) in [6.45, 7) is 0.810. The van der Waals surface area contributed by atoms with Gasteiger partial charge in [0.25, 0.3) is 0 Å². The highest BCUT2D eigenvalue weighted by molar-refractivity contribution is 6.13. The fourth-order valence-corrected chi connectivity index (χ4v) is 0.947. The largest absolute Gasteiger partial charge is 0.229 e. The summed E-state index contributed by atoms with van der Waals surface area (Å²) in [5, 5.41) is 1.80. The zero-order chi connectivity index (χ0) is 8.10. The van der Waals surface area contributed by atoms with E-state index in [0.29, 0.717) is 0 Å². The predicted molar refractivity (Wildman–Crippen MR) is 46.9 cm³/mol. The van der Waals surface area contributed by atoms with Gasteiger partial charge in [-0.05, 0) is 17.3 Å². The van der Waals surface area contributed by atoms with Crippen LogP contribution in [0.25, 0.3) is 0 Å². The van der Waals surface area contributed by atoms with Gasteiger partial charge in [0.15, 0.2) is 0 Å². The highest BCUT2D eigenvalue weighted by atomic mass is 35.5. The molecule has 60 valence electrons. The summed E-state index contributed by atoms with van der Waals surface area (Å²) >= 11 is 5.38. The number of hydrazine groups is 1. The van der Waals surface area contributed by atoms with E-state index in [1.54, 1.807) is 5.01 Å². The van der Waals surface area contributed by atoms with E-state index < -0.39 is 0 Å². The van der Waals surface area contributed by atoms with Crippen LogP contribution in [-0.2, 0) is 6.54 Å². The van der Waals surface area contributed by atoms with Crippen LogP contribution in [0.15, 0.2) is 30.3 Å². The highest BCUT2D eigenvalue weighted by Gasteiger charge is 1.95. The zero-order valence-electron chi connectivity index (χ0n) is 6.42. The van der Waals surface area contributed by atoms with Crippen molar-refractivity contribution < 1.29 is 0 Å². The summed E-state index contributed by atoms with van der Waals surface area (Å²) in [5.74, 6) is 0. The van der Waals surface area contributed by atoms with Gasteiger partial charge in [-0.15, -0.1) is 0 Å². The van der Waals surface area contributed by atoms with Crippen molar-refractivity contribution in [2.75, 3.05) is 7.05 Å². The lowest BCUT2D eigenvalue weighted by molar-refractivity contribution is 0.297. The zero-order valence-corrected chi connectivity index (χ0v) is 7.17. The summed E-state index contributed by atoms with van der Waals surface area (Å²) in [6, 6.07) is 10.1. The molecule has 0 aliphatic carbocycles. The Hall–Kier alpha value is -0.570. The Bertz CT molecular complexity index is 201. The molecule has 0 saturated heterocycles. The minimum atomic E-state index is 0.810. The predicted octanol–water partition coefficient (Wildman–Crippen LogP) is 1.78. The van der Waals surface area contributed by atoms with Gasteiger partial charge >= 0.3 is 0 Å². The van der Waals surface area contributed by atoms with Gasteiger partial charge in [-0.3, -0.25) is 0 Å². The van der Waals surface area contributed by atoms with Crippen LogP contribution in [0.4, 0.5) is 0 Å². The topological polar surface area (TPSA) is 15.3 Å². The fourth-order valence-electron chi connectivity index (χ4n) is 0.887. The molecule has 0 bridgehead atoms. The van der Waals surface area contributed by atoms with Crippen molar-refractivity contribution in [1.82, 2.24) is 9.95 Å². The van der Waals surface area contributed by atoms with Gasteiger partial charge in [0, 0.05) is 13.6 Å². The molecule has 0 saturated carbocycles. The highest BCUT2D eigenvalue weighted by Crippen LogP contribution is 2.00. The van der Waals surface area contributed by atoms with E-state index in [4.69, 9.17) is 11.8 Å². The Morgan fingerprint density at radius 2 is 2.00 bits per heavy atom. The van der Waals surface area contributed by atoms with E-state index in [9.17, 15) is 0 Å². The first-order chi connectivity index (χ1) is 5.33. The Kier molecular flexibility index (Phi) is 3.36. The standard InChI is InChI=1S/C8H11ClN2/c1-11(10-9)7-8-5-3-2-4-6-8/h2-6,10H,7H2,1H3. The maximum Gasteiger partial charge on any atom is 0.0391 e. The van der Waals surface area contributed by atoms with Gasteiger partial charge in [-0.1, -0.05) is 30.3 Å². The molecule has 0 amide bonds. The van der Waals surface area contributed by atoms with Crippen LogP contribution in [0.5, 0.6) is 0 Å². The molecule has 0 atom stereocenters. The lowest BCUT2D eigenvalue weighted by atomic mass is 10.2. The molecule has 3 heteroatoms. The number of hydrogen-bond donors (Lipinski definition) is 1. The van der Waals surface area contributed by atoms with E-state index in [1.807, 2.05) is 25.2 Å². The molecule has 1 aromatic carbocycles. The van der Waals surface area contributed by atoms with E-state index in [1.165, 1.54) is 5.56 Å². The van der Waals surface area contributed by atoms with Crippen LogP contribution < -0.4 is 4.94 Å². The third kappa shape index (κ3) is 2.89. The normalized spacial score (nSPS) is 10.5. The Morgan fingerprint density at radius 1 is 1.36 bits per heavy atom. The molecule has 0 aliphatic rings.